The summed E-state index contributed by atoms with van der Waals surface area (Å²) in [6.07, 6.45) is 0. The zero-order valence-electron chi connectivity index (χ0n) is 35.1. The maximum atomic E-state index is 2.44. The molecule has 0 N–H and O–H groups in total. The van der Waals surface area contributed by atoms with E-state index in [1.165, 1.54) is 71.2 Å². The first-order valence-electron chi connectivity index (χ1n) is 22.0. The van der Waals surface area contributed by atoms with Crippen molar-refractivity contribution in [2.24, 2.45) is 0 Å². The van der Waals surface area contributed by atoms with Gasteiger partial charge in [0.2, 0.25) is 0 Å². The third kappa shape index (κ3) is 6.44. The molecule has 0 fully saturated rings. The van der Waals surface area contributed by atoms with Gasteiger partial charge in [0.15, 0.2) is 0 Å². The predicted octanol–water partition coefficient (Wildman–Crippen LogP) is 17.2. The number of hydrogen-bond acceptors (Lipinski definition) is 1. The molecule has 12 rings (SSSR count). The molecule has 0 amide bonds. The third-order valence-corrected chi connectivity index (χ3v) is 12.8. The molecule has 0 saturated carbocycles. The Morgan fingerprint density at radius 2 is 0.734 bits per heavy atom. The number of hydrogen-bond donors (Lipinski definition) is 0. The first kappa shape index (κ1) is 37.3. The maximum Gasteiger partial charge on any atom is 0.0541 e. The predicted molar refractivity (Wildman–Crippen MR) is 272 cm³/mol. The van der Waals surface area contributed by atoms with E-state index in [-0.39, 0.29) is 0 Å². The molecule has 300 valence electrons. The van der Waals surface area contributed by atoms with Crippen LogP contribution in [0.1, 0.15) is 0 Å². The van der Waals surface area contributed by atoms with Gasteiger partial charge in [0, 0.05) is 33.3 Å². The van der Waals surface area contributed by atoms with Crippen molar-refractivity contribution in [1.29, 1.82) is 0 Å². The van der Waals surface area contributed by atoms with E-state index >= 15 is 0 Å². The van der Waals surface area contributed by atoms with Crippen molar-refractivity contribution >= 4 is 60.4 Å². The van der Waals surface area contributed by atoms with E-state index in [0.29, 0.717) is 0 Å². The number of benzene rings is 11. The summed E-state index contributed by atoms with van der Waals surface area (Å²) in [6.45, 7) is 0. The number of nitrogens with zero attached hydrogens (tertiary/aromatic N) is 2. The Balaban J connectivity index is 1.06. The van der Waals surface area contributed by atoms with Crippen LogP contribution >= 0.6 is 0 Å². The third-order valence-electron chi connectivity index (χ3n) is 12.8. The van der Waals surface area contributed by atoms with E-state index in [2.05, 4.69) is 264 Å². The van der Waals surface area contributed by atoms with Crippen molar-refractivity contribution < 1.29 is 0 Å². The monoisotopic (exact) mass is 814 g/mol. The lowest BCUT2D eigenvalue weighted by atomic mass is 9.94. The Bertz CT molecular complexity index is 3610. The SMILES string of the molecule is c1ccc(-c2cc(-c3ccccc3-n3c4ccccc4c4ccccc43)ccc2N(c2ccc(-c3cccc4ccccc34)cc2)c2cccc(-c3cccc4ccccc34)c2)cc1. The molecule has 64 heavy (non-hydrogen) atoms. The number of anilines is 3. The van der Waals surface area contributed by atoms with Gasteiger partial charge < -0.3 is 9.47 Å². The van der Waals surface area contributed by atoms with Crippen LogP contribution in [0.15, 0.2) is 255 Å². The smallest absolute Gasteiger partial charge is 0.0541 e. The van der Waals surface area contributed by atoms with Gasteiger partial charge in [0.1, 0.15) is 0 Å². The van der Waals surface area contributed by atoms with E-state index in [0.717, 1.165) is 39.4 Å². The fraction of sp³-hybridized carbons (Fsp3) is 0. The van der Waals surface area contributed by atoms with Gasteiger partial charge in [-0.2, -0.15) is 0 Å². The molecule has 1 heterocycles. The molecular weight excluding hydrogens is 773 g/mol. The highest BCUT2D eigenvalue weighted by Gasteiger charge is 2.21. The number of rotatable bonds is 8. The second-order valence-corrected chi connectivity index (χ2v) is 16.5. The lowest BCUT2D eigenvalue weighted by Gasteiger charge is -2.29. The van der Waals surface area contributed by atoms with Crippen LogP contribution in [0.25, 0.3) is 93.5 Å². The van der Waals surface area contributed by atoms with Crippen molar-refractivity contribution in [1.82, 2.24) is 4.57 Å². The lowest BCUT2D eigenvalue weighted by molar-refractivity contribution is 1.18. The standard InChI is InChI=1S/C62H42N2/c1-2-17-45(18-3-1)58-42-48(55-27-8-11-32-59(55)64-60-33-12-9-28-56(60)57-29-10-13-34-61(57)64)37-40-62(58)63(49-38-35-46(36-39-49)53-30-15-21-43-19-4-6-25-51(43)53)50-24-14-23-47(41-50)54-31-16-22-44-20-5-7-26-52(44)54/h1-42H. The van der Waals surface area contributed by atoms with Gasteiger partial charge in [-0.1, -0.05) is 200 Å². The largest absolute Gasteiger partial charge is 0.310 e. The molecule has 12 aromatic rings. The zero-order chi connectivity index (χ0) is 42.4. The van der Waals surface area contributed by atoms with Crippen molar-refractivity contribution in [3.63, 3.8) is 0 Å². The summed E-state index contributed by atoms with van der Waals surface area (Å²) in [5.41, 5.74) is 16.2. The van der Waals surface area contributed by atoms with Crippen LogP contribution in [0, 0.1) is 0 Å². The maximum absolute atomic E-state index is 2.44. The fourth-order valence-corrected chi connectivity index (χ4v) is 9.83. The summed E-state index contributed by atoms with van der Waals surface area (Å²) in [5, 5.41) is 7.46. The highest BCUT2D eigenvalue weighted by Crippen LogP contribution is 2.46. The molecule has 0 bridgehead atoms. The first-order valence-corrected chi connectivity index (χ1v) is 22.0. The van der Waals surface area contributed by atoms with Crippen molar-refractivity contribution in [2.45, 2.75) is 0 Å². The first-order chi connectivity index (χ1) is 31.8. The minimum absolute atomic E-state index is 1.08. The lowest BCUT2D eigenvalue weighted by Crippen LogP contribution is -2.11. The molecule has 0 saturated heterocycles. The summed E-state index contributed by atoms with van der Waals surface area (Å²) in [4.78, 5) is 2.44. The van der Waals surface area contributed by atoms with Crippen molar-refractivity contribution in [3.05, 3.63) is 255 Å². The van der Waals surface area contributed by atoms with Crippen LogP contribution in [0.2, 0.25) is 0 Å². The quantitative estimate of drug-likeness (QED) is 0.148. The molecule has 0 atom stereocenters. The summed E-state index contributed by atoms with van der Waals surface area (Å²) in [6, 6.07) is 92.8. The zero-order valence-corrected chi connectivity index (χ0v) is 35.1. The summed E-state index contributed by atoms with van der Waals surface area (Å²) in [5.74, 6) is 0. The molecule has 1 aromatic heterocycles. The minimum Gasteiger partial charge on any atom is -0.310 e. The number of para-hydroxylation sites is 3. The Morgan fingerprint density at radius 1 is 0.266 bits per heavy atom. The van der Waals surface area contributed by atoms with Gasteiger partial charge in [0.05, 0.1) is 22.4 Å². The summed E-state index contributed by atoms with van der Waals surface area (Å²) >= 11 is 0. The van der Waals surface area contributed by atoms with Crippen LogP contribution in [0.3, 0.4) is 0 Å². The second kappa shape index (κ2) is 15.8. The van der Waals surface area contributed by atoms with E-state index in [4.69, 9.17) is 0 Å². The molecule has 0 spiro atoms. The molecule has 2 heteroatoms. The van der Waals surface area contributed by atoms with E-state index < -0.39 is 0 Å². The van der Waals surface area contributed by atoms with Gasteiger partial charge >= 0.3 is 0 Å². The normalized spacial score (nSPS) is 11.4. The minimum atomic E-state index is 1.08. The fourth-order valence-electron chi connectivity index (χ4n) is 9.83. The summed E-state index contributed by atoms with van der Waals surface area (Å²) < 4.78 is 2.43. The Kier molecular flexibility index (Phi) is 9.20. The van der Waals surface area contributed by atoms with Crippen LogP contribution in [-0.4, -0.2) is 4.57 Å². The summed E-state index contributed by atoms with van der Waals surface area (Å²) in [7, 11) is 0. The van der Waals surface area contributed by atoms with Crippen molar-refractivity contribution in [2.75, 3.05) is 4.90 Å². The molecule has 2 nitrogen and oxygen atoms in total. The van der Waals surface area contributed by atoms with Crippen molar-refractivity contribution in [3.8, 4) is 50.2 Å². The second-order valence-electron chi connectivity index (χ2n) is 16.5. The Hall–Kier alpha value is -8.46. The van der Waals surface area contributed by atoms with Crippen LogP contribution in [0.4, 0.5) is 17.1 Å². The number of aromatic nitrogens is 1. The van der Waals surface area contributed by atoms with Gasteiger partial charge in [0.25, 0.3) is 0 Å². The van der Waals surface area contributed by atoms with E-state index in [1.54, 1.807) is 0 Å². The topological polar surface area (TPSA) is 8.17 Å². The molecule has 0 radical (unpaired) electrons. The number of fused-ring (bicyclic) bond motifs is 5. The van der Waals surface area contributed by atoms with Gasteiger partial charge in [-0.3, -0.25) is 0 Å². The highest BCUT2D eigenvalue weighted by atomic mass is 15.1. The molecule has 0 aliphatic carbocycles. The highest BCUT2D eigenvalue weighted by molar-refractivity contribution is 6.10. The van der Waals surface area contributed by atoms with E-state index in [1.807, 2.05) is 0 Å². The van der Waals surface area contributed by atoms with Gasteiger partial charge in [-0.05, 0) is 110 Å². The molecule has 0 aliphatic heterocycles. The average Bonchev–Trinajstić information content (AvgIpc) is 3.71. The van der Waals surface area contributed by atoms with Crippen LogP contribution < -0.4 is 4.90 Å². The van der Waals surface area contributed by atoms with Crippen LogP contribution in [-0.2, 0) is 0 Å². The Morgan fingerprint density at radius 3 is 1.42 bits per heavy atom. The molecule has 0 unspecified atom stereocenters. The Labute approximate surface area is 373 Å². The van der Waals surface area contributed by atoms with Gasteiger partial charge in [-0.25, -0.2) is 0 Å². The average molecular weight is 815 g/mol. The molecule has 0 aliphatic rings. The molecule has 11 aromatic carbocycles. The van der Waals surface area contributed by atoms with E-state index in [9.17, 15) is 0 Å². The van der Waals surface area contributed by atoms with Crippen LogP contribution in [0.5, 0.6) is 0 Å². The van der Waals surface area contributed by atoms with Gasteiger partial charge in [-0.15, -0.1) is 0 Å². The molecular formula is C62H42N2.